The van der Waals surface area contributed by atoms with Crippen LogP contribution in [0, 0.1) is 20.8 Å². The van der Waals surface area contributed by atoms with E-state index in [1.54, 1.807) is 0 Å². The maximum atomic E-state index is 2.38. The molecule has 0 heterocycles. The first-order valence-electron chi connectivity index (χ1n) is 9.28. The lowest BCUT2D eigenvalue weighted by atomic mass is 9.80. The number of benzene rings is 2. The van der Waals surface area contributed by atoms with Crippen molar-refractivity contribution in [3.8, 4) is 0 Å². The largest absolute Gasteiger partial charge is 0.344 e. The Morgan fingerprint density at radius 1 is 0.680 bits per heavy atom. The summed E-state index contributed by atoms with van der Waals surface area (Å²) in [7, 11) is 2.19. The van der Waals surface area contributed by atoms with Gasteiger partial charge in [-0.05, 0) is 77.6 Å². The van der Waals surface area contributed by atoms with Gasteiger partial charge in [0.2, 0.25) is 0 Å². The summed E-state index contributed by atoms with van der Waals surface area (Å²) >= 11 is 0. The van der Waals surface area contributed by atoms with Gasteiger partial charge in [0.15, 0.2) is 0 Å². The Morgan fingerprint density at radius 2 is 1.16 bits per heavy atom. The second-order valence-corrected chi connectivity index (χ2v) is 9.55. The minimum absolute atomic E-state index is 0.133. The fraction of sp³-hybridized carbons (Fsp3) is 0.500. The third-order valence-corrected chi connectivity index (χ3v) is 5.18. The molecule has 0 radical (unpaired) electrons. The van der Waals surface area contributed by atoms with Gasteiger partial charge in [-0.3, -0.25) is 0 Å². The molecule has 1 heteroatoms. The van der Waals surface area contributed by atoms with E-state index >= 15 is 0 Å². The number of rotatable bonds is 2. The third-order valence-electron chi connectivity index (χ3n) is 5.18. The molecule has 0 saturated heterocycles. The summed E-state index contributed by atoms with van der Waals surface area (Å²) in [5.41, 5.74) is 9.63. The Morgan fingerprint density at radius 3 is 1.60 bits per heavy atom. The molecule has 0 N–H and O–H groups in total. The predicted octanol–water partition coefficient (Wildman–Crippen LogP) is 6.97. The molecule has 0 aliphatic heterocycles. The molecule has 0 bridgehead atoms. The van der Waals surface area contributed by atoms with Gasteiger partial charge in [-0.1, -0.05) is 53.7 Å². The second kappa shape index (κ2) is 6.52. The molecule has 0 fully saturated rings. The van der Waals surface area contributed by atoms with Crippen molar-refractivity contribution in [3.05, 3.63) is 58.1 Å². The van der Waals surface area contributed by atoms with E-state index in [0.29, 0.717) is 0 Å². The molecule has 0 aromatic heterocycles. The molecule has 2 rings (SSSR count). The first-order chi connectivity index (χ1) is 11.3. The molecule has 1 nitrogen and oxygen atoms in total. The van der Waals surface area contributed by atoms with Crippen LogP contribution in [0.5, 0.6) is 0 Å². The lowest BCUT2D eigenvalue weighted by molar-refractivity contribution is 0.568. The first kappa shape index (κ1) is 19.6. The van der Waals surface area contributed by atoms with Gasteiger partial charge in [0.05, 0.1) is 0 Å². The molecule has 25 heavy (non-hydrogen) atoms. The van der Waals surface area contributed by atoms with Crippen molar-refractivity contribution < 1.29 is 0 Å². The van der Waals surface area contributed by atoms with E-state index in [0.717, 1.165) is 0 Å². The second-order valence-electron chi connectivity index (χ2n) is 9.55. The molecule has 0 aliphatic carbocycles. The lowest BCUT2D eigenvalue weighted by Crippen LogP contribution is -2.19. The van der Waals surface area contributed by atoms with Crippen LogP contribution in [0.4, 0.5) is 11.4 Å². The summed E-state index contributed by atoms with van der Waals surface area (Å²) in [6.45, 7) is 20.4. The third kappa shape index (κ3) is 4.26. The molecule has 0 amide bonds. The van der Waals surface area contributed by atoms with E-state index in [-0.39, 0.29) is 10.8 Å². The monoisotopic (exact) mass is 337 g/mol. The average molecular weight is 338 g/mol. The Labute approximate surface area is 155 Å². The SMILES string of the molecule is Cc1cc(C)c(C)c(N(C)c2cc(C(C)(C)C)cc(C(C)(C)C)c2)c1. The average Bonchev–Trinajstić information content (AvgIpc) is 2.48. The van der Waals surface area contributed by atoms with Crippen LogP contribution in [-0.4, -0.2) is 7.05 Å². The van der Waals surface area contributed by atoms with Gasteiger partial charge in [0.1, 0.15) is 0 Å². The Balaban J connectivity index is 2.66. The Kier molecular flexibility index (Phi) is 5.10. The molecule has 0 saturated carbocycles. The number of hydrogen-bond donors (Lipinski definition) is 0. The molecule has 2 aromatic rings. The molecule has 0 spiro atoms. The molecule has 136 valence electrons. The van der Waals surface area contributed by atoms with Gasteiger partial charge in [0.25, 0.3) is 0 Å². The summed E-state index contributed by atoms with van der Waals surface area (Å²) in [6, 6.07) is 11.6. The van der Waals surface area contributed by atoms with Crippen molar-refractivity contribution in [3.63, 3.8) is 0 Å². The van der Waals surface area contributed by atoms with Crippen LogP contribution >= 0.6 is 0 Å². The Bertz CT molecular complexity index is 738. The van der Waals surface area contributed by atoms with E-state index in [1.807, 2.05) is 0 Å². The number of nitrogens with zero attached hydrogens (tertiary/aromatic N) is 1. The Hall–Kier alpha value is -1.76. The van der Waals surface area contributed by atoms with E-state index < -0.39 is 0 Å². The van der Waals surface area contributed by atoms with Crippen molar-refractivity contribution in [1.82, 2.24) is 0 Å². The van der Waals surface area contributed by atoms with Crippen molar-refractivity contribution in [2.24, 2.45) is 0 Å². The van der Waals surface area contributed by atoms with Crippen LogP contribution in [-0.2, 0) is 10.8 Å². The van der Waals surface area contributed by atoms with Crippen LogP contribution in [0.15, 0.2) is 30.3 Å². The zero-order valence-corrected chi connectivity index (χ0v) is 17.8. The number of aryl methyl sites for hydroxylation is 2. The van der Waals surface area contributed by atoms with Gasteiger partial charge in [-0.15, -0.1) is 0 Å². The zero-order chi connectivity index (χ0) is 19.2. The topological polar surface area (TPSA) is 3.24 Å². The van der Waals surface area contributed by atoms with Gasteiger partial charge in [-0.2, -0.15) is 0 Å². The molecule has 0 atom stereocenters. The van der Waals surface area contributed by atoms with Gasteiger partial charge < -0.3 is 4.90 Å². The van der Waals surface area contributed by atoms with Crippen molar-refractivity contribution in [2.45, 2.75) is 73.1 Å². The lowest BCUT2D eigenvalue weighted by Gasteiger charge is -2.30. The smallest absolute Gasteiger partial charge is 0.0443 e. The molecule has 2 aromatic carbocycles. The number of anilines is 2. The molecule has 0 unspecified atom stereocenters. The molecule has 0 aliphatic rings. The highest BCUT2D eigenvalue weighted by molar-refractivity contribution is 5.69. The summed E-state index contributed by atoms with van der Waals surface area (Å²) in [5.74, 6) is 0. The fourth-order valence-corrected chi connectivity index (χ4v) is 3.18. The van der Waals surface area contributed by atoms with Crippen molar-refractivity contribution in [2.75, 3.05) is 11.9 Å². The standard InChI is InChI=1S/C24H35N/c1-16-11-17(2)18(3)22(12-16)25(10)21-14-19(23(4,5)6)13-20(15-21)24(7,8)9/h11-15H,1-10H3. The predicted molar refractivity (Wildman–Crippen MR) is 113 cm³/mol. The fourth-order valence-electron chi connectivity index (χ4n) is 3.18. The minimum atomic E-state index is 0.133. The van der Waals surface area contributed by atoms with E-state index in [9.17, 15) is 0 Å². The highest BCUT2D eigenvalue weighted by atomic mass is 15.1. The van der Waals surface area contributed by atoms with Crippen LogP contribution in [0.2, 0.25) is 0 Å². The number of hydrogen-bond acceptors (Lipinski definition) is 1. The van der Waals surface area contributed by atoms with Gasteiger partial charge in [-0.25, -0.2) is 0 Å². The van der Waals surface area contributed by atoms with Crippen molar-refractivity contribution >= 4 is 11.4 Å². The molecular formula is C24H35N. The van der Waals surface area contributed by atoms with Gasteiger partial charge >= 0.3 is 0 Å². The molecular weight excluding hydrogens is 302 g/mol. The van der Waals surface area contributed by atoms with Crippen LogP contribution in [0.1, 0.15) is 69.4 Å². The van der Waals surface area contributed by atoms with Gasteiger partial charge in [0, 0.05) is 18.4 Å². The minimum Gasteiger partial charge on any atom is -0.344 e. The van der Waals surface area contributed by atoms with Crippen molar-refractivity contribution in [1.29, 1.82) is 0 Å². The summed E-state index contributed by atoms with van der Waals surface area (Å²) < 4.78 is 0. The van der Waals surface area contributed by atoms with Crippen LogP contribution < -0.4 is 4.90 Å². The van der Waals surface area contributed by atoms with E-state index in [1.165, 1.54) is 39.2 Å². The maximum Gasteiger partial charge on any atom is 0.0443 e. The highest BCUT2D eigenvalue weighted by Crippen LogP contribution is 2.36. The maximum absolute atomic E-state index is 2.38. The quantitative estimate of drug-likeness (QED) is 0.571. The van der Waals surface area contributed by atoms with E-state index in [4.69, 9.17) is 0 Å². The zero-order valence-electron chi connectivity index (χ0n) is 17.8. The summed E-state index contributed by atoms with van der Waals surface area (Å²) in [5, 5.41) is 0. The van der Waals surface area contributed by atoms with Crippen LogP contribution in [0.3, 0.4) is 0 Å². The summed E-state index contributed by atoms with van der Waals surface area (Å²) in [6.07, 6.45) is 0. The van der Waals surface area contributed by atoms with Crippen LogP contribution in [0.25, 0.3) is 0 Å². The first-order valence-corrected chi connectivity index (χ1v) is 9.28. The summed E-state index contributed by atoms with van der Waals surface area (Å²) in [4.78, 5) is 2.35. The highest BCUT2D eigenvalue weighted by Gasteiger charge is 2.22. The van der Waals surface area contributed by atoms with E-state index in [2.05, 4.69) is 105 Å². The normalized spacial score (nSPS) is 12.4.